The minimum absolute atomic E-state index is 0.573. The Morgan fingerprint density at radius 1 is 1.62 bits per heavy atom. The molecule has 1 nitrogen and oxygen atoms in total. The highest BCUT2D eigenvalue weighted by Crippen LogP contribution is 2.18. The highest BCUT2D eigenvalue weighted by atomic mass is 32.1. The highest BCUT2D eigenvalue weighted by Gasteiger charge is 2.17. The average molecular weight is 132 g/mol. The van der Waals surface area contributed by atoms with Crippen LogP contribution in [-0.2, 0) is 4.74 Å². The maximum Gasteiger partial charge on any atom is 0.0502 e. The zero-order valence-electron chi connectivity index (χ0n) is 5.13. The number of ether oxygens (including phenoxy) is 1. The third kappa shape index (κ3) is 1.39. The molecule has 2 heteroatoms. The summed E-state index contributed by atoms with van der Waals surface area (Å²) in [5.41, 5.74) is 0. The van der Waals surface area contributed by atoms with Gasteiger partial charge in [-0.2, -0.15) is 12.6 Å². The molecule has 0 bridgehead atoms. The van der Waals surface area contributed by atoms with Gasteiger partial charge in [-0.1, -0.05) is 6.92 Å². The van der Waals surface area contributed by atoms with E-state index >= 15 is 0 Å². The molecule has 0 N–H and O–H groups in total. The van der Waals surface area contributed by atoms with Gasteiger partial charge in [-0.3, -0.25) is 0 Å². The predicted octanol–water partition coefficient (Wildman–Crippen LogP) is 1.34. The molecule has 0 spiro atoms. The molecule has 0 aromatic heterocycles. The van der Waals surface area contributed by atoms with Gasteiger partial charge >= 0.3 is 0 Å². The Balaban J connectivity index is 2.28. The molecule has 1 aliphatic heterocycles. The lowest BCUT2D eigenvalue weighted by molar-refractivity contribution is 0.0661. The fourth-order valence-corrected chi connectivity index (χ4v) is 1.06. The number of thiol groups is 1. The van der Waals surface area contributed by atoms with E-state index in [1.54, 1.807) is 0 Å². The van der Waals surface area contributed by atoms with Crippen LogP contribution in [0.2, 0.25) is 0 Å². The standard InChI is InChI=1S/C6H12OS/c1-5-4-7-3-2-6(5)8/h5-6,8H,2-4H2,1H3/t5-,6-/m0/s1. The average Bonchev–Trinajstić information content (AvgIpc) is 1.77. The van der Waals surface area contributed by atoms with Crippen molar-refractivity contribution in [1.29, 1.82) is 0 Å². The van der Waals surface area contributed by atoms with Crippen LogP contribution in [-0.4, -0.2) is 18.5 Å². The molecule has 0 saturated carbocycles. The van der Waals surface area contributed by atoms with Crippen LogP contribution in [0.25, 0.3) is 0 Å². The molecule has 0 unspecified atom stereocenters. The summed E-state index contributed by atoms with van der Waals surface area (Å²) in [7, 11) is 0. The quantitative estimate of drug-likeness (QED) is 0.489. The Morgan fingerprint density at radius 3 is 2.75 bits per heavy atom. The summed E-state index contributed by atoms with van der Waals surface area (Å²) in [6, 6.07) is 0. The Bertz CT molecular complexity index is 64.9. The van der Waals surface area contributed by atoms with Crippen molar-refractivity contribution < 1.29 is 4.74 Å². The van der Waals surface area contributed by atoms with Crippen molar-refractivity contribution in [2.45, 2.75) is 18.6 Å². The lowest BCUT2D eigenvalue weighted by atomic mass is 10.0. The van der Waals surface area contributed by atoms with Crippen molar-refractivity contribution in [1.82, 2.24) is 0 Å². The van der Waals surface area contributed by atoms with Gasteiger partial charge in [-0.05, 0) is 12.3 Å². The summed E-state index contributed by atoms with van der Waals surface area (Å²) in [6.45, 7) is 3.98. The lowest BCUT2D eigenvalue weighted by Gasteiger charge is -2.24. The Morgan fingerprint density at radius 2 is 2.38 bits per heavy atom. The topological polar surface area (TPSA) is 9.23 Å². The SMILES string of the molecule is C[C@H]1COCC[C@@H]1S. The van der Waals surface area contributed by atoms with Gasteiger partial charge in [-0.15, -0.1) is 0 Å². The summed E-state index contributed by atoms with van der Waals surface area (Å²) in [6.07, 6.45) is 1.12. The van der Waals surface area contributed by atoms with E-state index in [4.69, 9.17) is 4.74 Å². The van der Waals surface area contributed by atoms with E-state index in [1.807, 2.05) is 0 Å². The number of hydrogen-bond acceptors (Lipinski definition) is 2. The maximum absolute atomic E-state index is 5.20. The number of hydrogen-bond donors (Lipinski definition) is 1. The van der Waals surface area contributed by atoms with Gasteiger partial charge in [0.2, 0.25) is 0 Å². The van der Waals surface area contributed by atoms with Gasteiger partial charge < -0.3 is 4.74 Å². The van der Waals surface area contributed by atoms with Crippen molar-refractivity contribution >= 4 is 12.6 Å². The maximum atomic E-state index is 5.20. The summed E-state index contributed by atoms with van der Waals surface area (Å²) < 4.78 is 5.20. The highest BCUT2D eigenvalue weighted by molar-refractivity contribution is 7.81. The molecular weight excluding hydrogens is 120 g/mol. The van der Waals surface area contributed by atoms with Crippen molar-refractivity contribution in [2.24, 2.45) is 5.92 Å². The minimum atomic E-state index is 0.573. The van der Waals surface area contributed by atoms with E-state index in [-0.39, 0.29) is 0 Å². The molecule has 0 aromatic rings. The fourth-order valence-electron chi connectivity index (χ4n) is 0.869. The van der Waals surface area contributed by atoms with Crippen LogP contribution in [0.5, 0.6) is 0 Å². The first-order chi connectivity index (χ1) is 3.80. The van der Waals surface area contributed by atoms with Crippen molar-refractivity contribution in [3.8, 4) is 0 Å². The predicted molar refractivity (Wildman–Crippen MR) is 37.4 cm³/mol. The molecule has 0 amide bonds. The molecule has 1 fully saturated rings. The second-order valence-corrected chi connectivity index (χ2v) is 3.07. The van der Waals surface area contributed by atoms with E-state index < -0.39 is 0 Å². The van der Waals surface area contributed by atoms with Crippen LogP contribution in [0.4, 0.5) is 0 Å². The molecule has 0 aromatic carbocycles. The van der Waals surface area contributed by atoms with Crippen LogP contribution in [0, 0.1) is 5.92 Å². The molecule has 0 radical (unpaired) electrons. The van der Waals surface area contributed by atoms with E-state index in [9.17, 15) is 0 Å². The Hall–Kier alpha value is 0.310. The van der Waals surface area contributed by atoms with E-state index in [2.05, 4.69) is 19.6 Å². The first kappa shape index (κ1) is 6.43. The van der Waals surface area contributed by atoms with Crippen LogP contribution in [0.3, 0.4) is 0 Å². The number of rotatable bonds is 0. The minimum Gasteiger partial charge on any atom is -0.381 e. The van der Waals surface area contributed by atoms with Crippen molar-refractivity contribution in [3.63, 3.8) is 0 Å². The third-order valence-electron chi connectivity index (χ3n) is 1.60. The Kier molecular flexibility index (Phi) is 2.20. The molecule has 8 heavy (non-hydrogen) atoms. The molecule has 1 saturated heterocycles. The monoisotopic (exact) mass is 132 g/mol. The van der Waals surface area contributed by atoms with Gasteiger partial charge in [-0.25, -0.2) is 0 Å². The largest absolute Gasteiger partial charge is 0.381 e. The first-order valence-corrected chi connectivity index (χ1v) is 3.58. The van der Waals surface area contributed by atoms with Crippen molar-refractivity contribution in [2.75, 3.05) is 13.2 Å². The second kappa shape index (κ2) is 2.74. The van der Waals surface area contributed by atoms with Gasteiger partial charge in [0.25, 0.3) is 0 Å². The van der Waals surface area contributed by atoms with E-state index in [1.165, 1.54) is 0 Å². The summed E-state index contributed by atoms with van der Waals surface area (Å²) >= 11 is 4.38. The molecule has 48 valence electrons. The van der Waals surface area contributed by atoms with E-state index in [0.717, 1.165) is 19.6 Å². The first-order valence-electron chi connectivity index (χ1n) is 3.06. The van der Waals surface area contributed by atoms with Crippen LogP contribution in [0.1, 0.15) is 13.3 Å². The smallest absolute Gasteiger partial charge is 0.0502 e. The normalized spacial score (nSPS) is 39.8. The lowest BCUT2D eigenvalue weighted by Crippen LogP contribution is -2.25. The van der Waals surface area contributed by atoms with Gasteiger partial charge in [0.1, 0.15) is 0 Å². The van der Waals surface area contributed by atoms with E-state index in [0.29, 0.717) is 11.2 Å². The van der Waals surface area contributed by atoms with Crippen LogP contribution >= 0.6 is 12.6 Å². The zero-order valence-corrected chi connectivity index (χ0v) is 6.03. The van der Waals surface area contributed by atoms with Crippen LogP contribution < -0.4 is 0 Å². The molecular formula is C6H12OS. The molecule has 2 atom stereocenters. The fraction of sp³-hybridized carbons (Fsp3) is 1.00. The second-order valence-electron chi connectivity index (χ2n) is 2.41. The molecule has 0 aliphatic carbocycles. The van der Waals surface area contributed by atoms with Crippen LogP contribution in [0.15, 0.2) is 0 Å². The third-order valence-corrected chi connectivity index (χ3v) is 2.36. The van der Waals surface area contributed by atoms with Crippen molar-refractivity contribution in [3.05, 3.63) is 0 Å². The molecule has 1 rings (SSSR count). The van der Waals surface area contributed by atoms with Gasteiger partial charge in [0, 0.05) is 11.9 Å². The molecule has 1 aliphatic rings. The summed E-state index contributed by atoms with van der Waals surface area (Å²) in [4.78, 5) is 0. The summed E-state index contributed by atoms with van der Waals surface area (Å²) in [5, 5.41) is 0.573. The zero-order chi connectivity index (χ0) is 5.98. The summed E-state index contributed by atoms with van der Waals surface area (Å²) in [5.74, 6) is 0.645. The Labute approximate surface area is 55.8 Å². The van der Waals surface area contributed by atoms with Gasteiger partial charge in [0.15, 0.2) is 0 Å². The van der Waals surface area contributed by atoms with Gasteiger partial charge in [0.05, 0.1) is 6.61 Å². The molecule has 1 heterocycles.